The van der Waals surface area contributed by atoms with Crippen molar-refractivity contribution >= 4 is 27.7 Å². The summed E-state index contributed by atoms with van der Waals surface area (Å²) in [4.78, 5) is 23.1. The second-order valence-corrected chi connectivity index (χ2v) is 4.11. The highest BCUT2D eigenvalue weighted by molar-refractivity contribution is 9.09. The molecule has 0 bridgehead atoms. The minimum absolute atomic E-state index is 0.121. The molecule has 0 spiro atoms. The van der Waals surface area contributed by atoms with E-state index in [4.69, 9.17) is 4.74 Å². The summed E-state index contributed by atoms with van der Waals surface area (Å²) in [7, 11) is 0. The zero-order chi connectivity index (χ0) is 12.8. The van der Waals surface area contributed by atoms with Gasteiger partial charge in [0.2, 0.25) is 0 Å². The largest absolute Gasteiger partial charge is 0.507 e. The molecular formula is C12H13BrO4. The summed E-state index contributed by atoms with van der Waals surface area (Å²) in [5, 5.41) is 10.1. The molecule has 0 aliphatic heterocycles. The van der Waals surface area contributed by atoms with Crippen LogP contribution in [0.2, 0.25) is 0 Å². The Bertz CT molecular complexity index is 429. The quantitative estimate of drug-likeness (QED) is 0.516. The van der Waals surface area contributed by atoms with Crippen molar-refractivity contribution in [3.8, 4) is 5.75 Å². The van der Waals surface area contributed by atoms with Gasteiger partial charge in [0.15, 0.2) is 5.78 Å². The van der Waals surface area contributed by atoms with Crippen molar-refractivity contribution in [1.82, 2.24) is 0 Å². The first kappa shape index (κ1) is 13.7. The van der Waals surface area contributed by atoms with E-state index in [1.54, 1.807) is 6.92 Å². The lowest BCUT2D eigenvalue weighted by Gasteiger charge is -2.06. The van der Waals surface area contributed by atoms with Crippen LogP contribution in [0.25, 0.3) is 0 Å². The zero-order valence-electron chi connectivity index (χ0n) is 9.40. The fourth-order valence-corrected chi connectivity index (χ4v) is 1.68. The van der Waals surface area contributed by atoms with Gasteiger partial charge in [-0.25, -0.2) is 4.79 Å². The Balaban J connectivity index is 3.02. The third-order valence-electron chi connectivity index (χ3n) is 2.13. The summed E-state index contributed by atoms with van der Waals surface area (Å²) >= 11 is 3.15. The molecule has 92 valence electrons. The van der Waals surface area contributed by atoms with Gasteiger partial charge in [0, 0.05) is 11.8 Å². The molecule has 0 aliphatic rings. The van der Waals surface area contributed by atoms with E-state index in [0.717, 1.165) is 0 Å². The van der Waals surface area contributed by atoms with Gasteiger partial charge in [0.1, 0.15) is 5.75 Å². The van der Waals surface area contributed by atoms with Gasteiger partial charge in [-0.3, -0.25) is 4.79 Å². The molecule has 0 radical (unpaired) electrons. The lowest BCUT2D eigenvalue weighted by Crippen LogP contribution is -2.07. The first-order valence-electron chi connectivity index (χ1n) is 5.19. The number of aromatic hydroxyl groups is 1. The number of alkyl halides is 1. The lowest BCUT2D eigenvalue weighted by atomic mass is 10.0. The van der Waals surface area contributed by atoms with Crippen molar-refractivity contribution in [1.29, 1.82) is 0 Å². The normalized spacial score (nSPS) is 10.0. The molecule has 1 aromatic carbocycles. The van der Waals surface area contributed by atoms with Gasteiger partial charge in [-0.1, -0.05) is 15.9 Å². The van der Waals surface area contributed by atoms with Gasteiger partial charge in [-0.15, -0.1) is 0 Å². The molecule has 0 aliphatic carbocycles. The van der Waals surface area contributed by atoms with Crippen LogP contribution in [0.4, 0.5) is 0 Å². The number of hydrogen-bond donors (Lipinski definition) is 1. The maximum absolute atomic E-state index is 11.7. The second-order valence-electron chi connectivity index (χ2n) is 3.31. The van der Waals surface area contributed by atoms with Crippen LogP contribution in [0.1, 0.15) is 34.1 Å². The summed E-state index contributed by atoms with van der Waals surface area (Å²) in [5.41, 5.74) is 0.414. The van der Waals surface area contributed by atoms with E-state index < -0.39 is 5.97 Å². The van der Waals surface area contributed by atoms with Crippen LogP contribution in [0, 0.1) is 0 Å². The maximum atomic E-state index is 11.7. The Kier molecular flexibility index (Phi) is 5.15. The van der Waals surface area contributed by atoms with E-state index in [1.807, 2.05) is 0 Å². The number of rotatable bonds is 5. The van der Waals surface area contributed by atoms with E-state index in [-0.39, 0.29) is 35.7 Å². The van der Waals surface area contributed by atoms with Crippen molar-refractivity contribution < 1.29 is 19.4 Å². The van der Waals surface area contributed by atoms with Crippen molar-refractivity contribution in [3.05, 3.63) is 29.3 Å². The molecule has 1 N–H and O–H groups in total. The number of halogens is 1. The molecule has 0 unspecified atom stereocenters. The fraction of sp³-hybridized carbons (Fsp3) is 0.333. The predicted octanol–water partition coefficient (Wildman–Crippen LogP) is 2.54. The van der Waals surface area contributed by atoms with Crippen LogP contribution >= 0.6 is 15.9 Å². The molecule has 17 heavy (non-hydrogen) atoms. The SMILES string of the molecule is CCOC(=O)c1ccc(O)c(C(=O)CCBr)c1. The third-order valence-corrected chi connectivity index (χ3v) is 2.53. The number of Topliss-reactive ketones (excluding diaryl/α,β-unsaturated/α-hetero) is 1. The highest BCUT2D eigenvalue weighted by atomic mass is 79.9. The van der Waals surface area contributed by atoms with Crippen molar-refractivity contribution in [2.24, 2.45) is 0 Å². The minimum Gasteiger partial charge on any atom is -0.507 e. The van der Waals surface area contributed by atoms with Gasteiger partial charge < -0.3 is 9.84 Å². The molecule has 1 rings (SSSR count). The van der Waals surface area contributed by atoms with E-state index in [1.165, 1.54) is 18.2 Å². The Morgan fingerprint density at radius 3 is 2.71 bits per heavy atom. The summed E-state index contributed by atoms with van der Waals surface area (Å²) in [6.45, 7) is 1.97. The molecule has 1 aromatic rings. The smallest absolute Gasteiger partial charge is 0.338 e. The molecular weight excluding hydrogens is 288 g/mol. The van der Waals surface area contributed by atoms with Gasteiger partial charge in [0.05, 0.1) is 17.7 Å². The van der Waals surface area contributed by atoms with Gasteiger partial charge >= 0.3 is 5.97 Å². The fourth-order valence-electron chi connectivity index (χ4n) is 1.32. The highest BCUT2D eigenvalue weighted by Crippen LogP contribution is 2.21. The maximum Gasteiger partial charge on any atom is 0.338 e. The summed E-state index contributed by atoms with van der Waals surface area (Å²) < 4.78 is 4.82. The van der Waals surface area contributed by atoms with Crippen molar-refractivity contribution in [2.45, 2.75) is 13.3 Å². The average molecular weight is 301 g/mol. The van der Waals surface area contributed by atoms with Crippen molar-refractivity contribution in [2.75, 3.05) is 11.9 Å². The Hall–Kier alpha value is -1.36. The number of phenols is 1. The molecule has 0 atom stereocenters. The number of esters is 1. The molecule has 0 saturated carbocycles. The molecule has 0 fully saturated rings. The van der Waals surface area contributed by atoms with Crippen LogP contribution in [0.5, 0.6) is 5.75 Å². The van der Waals surface area contributed by atoms with E-state index >= 15 is 0 Å². The molecule has 4 nitrogen and oxygen atoms in total. The number of ketones is 1. The molecule has 0 heterocycles. The van der Waals surface area contributed by atoms with Crippen LogP contribution in [0.15, 0.2) is 18.2 Å². The predicted molar refractivity (Wildman–Crippen MR) is 66.8 cm³/mol. The first-order chi connectivity index (χ1) is 8.10. The number of carbonyl (C=O) groups excluding carboxylic acids is 2. The van der Waals surface area contributed by atoms with Crippen LogP contribution in [-0.2, 0) is 4.74 Å². The van der Waals surface area contributed by atoms with Gasteiger partial charge in [-0.2, -0.15) is 0 Å². The van der Waals surface area contributed by atoms with Crippen LogP contribution < -0.4 is 0 Å². The standard InChI is InChI=1S/C12H13BrO4/c1-2-17-12(16)8-3-4-10(14)9(7-8)11(15)5-6-13/h3-4,7,14H,2,5-6H2,1H3. The number of benzene rings is 1. The summed E-state index contributed by atoms with van der Waals surface area (Å²) in [6, 6.07) is 4.12. The van der Waals surface area contributed by atoms with E-state index in [0.29, 0.717) is 5.33 Å². The number of ether oxygens (including phenoxy) is 1. The van der Waals surface area contributed by atoms with E-state index in [2.05, 4.69) is 15.9 Å². The van der Waals surface area contributed by atoms with Crippen LogP contribution in [0.3, 0.4) is 0 Å². The average Bonchev–Trinajstić information content (AvgIpc) is 2.30. The molecule has 0 saturated heterocycles. The van der Waals surface area contributed by atoms with Crippen molar-refractivity contribution in [3.63, 3.8) is 0 Å². The van der Waals surface area contributed by atoms with Gasteiger partial charge in [-0.05, 0) is 25.1 Å². The third kappa shape index (κ3) is 3.56. The zero-order valence-corrected chi connectivity index (χ0v) is 11.0. The molecule has 5 heteroatoms. The summed E-state index contributed by atoms with van der Waals surface area (Å²) in [5.74, 6) is -0.838. The first-order valence-corrected chi connectivity index (χ1v) is 6.31. The van der Waals surface area contributed by atoms with E-state index in [9.17, 15) is 14.7 Å². The molecule has 0 amide bonds. The Labute approximate surface area is 108 Å². The number of phenolic OH excluding ortho intramolecular Hbond substituents is 1. The Morgan fingerprint density at radius 2 is 2.12 bits per heavy atom. The number of hydrogen-bond acceptors (Lipinski definition) is 4. The second kappa shape index (κ2) is 6.39. The minimum atomic E-state index is -0.500. The van der Waals surface area contributed by atoms with Gasteiger partial charge in [0.25, 0.3) is 0 Å². The number of carbonyl (C=O) groups is 2. The molecule has 0 aromatic heterocycles. The topological polar surface area (TPSA) is 63.6 Å². The van der Waals surface area contributed by atoms with Crippen LogP contribution in [-0.4, -0.2) is 28.8 Å². The highest BCUT2D eigenvalue weighted by Gasteiger charge is 2.14. The summed E-state index contributed by atoms with van der Waals surface area (Å²) in [6.07, 6.45) is 0.264. The monoisotopic (exact) mass is 300 g/mol. The lowest BCUT2D eigenvalue weighted by molar-refractivity contribution is 0.0526. The Morgan fingerprint density at radius 1 is 1.41 bits per heavy atom.